The summed E-state index contributed by atoms with van der Waals surface area (Å²) in [5.41, 5.74) is 4.01. The number of hydrogen-bond acceptors (Lipinski definition) is 4. The molecular formula is C14H19FN4S. The number of benzene rings is 1. The van der Waals surface area contributed by atoms with Gasteiger partial charge in [-0.3, -0.25) is 16.0 Å². The van der Waals surface area contributed by atoms with E-state index < -0.39 is 0 Å². The van der Waals surface area contributed by atoms with Crippen molar-refractivity contribution in [1.82, 2.24) is 15.2 Å². The Balaban J connectivity index is 1.82. The second-order valence-electron chi connectivity index (χ2n) is 4.62. The van der Waals surface area contributed by atoms with E-state index in [0.29, 0.717) is 0 Å². The molecule has 1 aromatic carbocycles. The lowest BCUT2D eigenvalue weighted by Gasteiger charge is -2.15. The predicted octanol–water partition coefficient (Wildman–Crippen LogP) is 2.12. The minimum Gasteiger partial charge on any atom is -0.273 e. The van der Waals surface area contributed by atoms with E-state index in [1.807, 2.05) is 23.9 Å². The van der Waals surface area contributed by atoms with Crippen molar-refractivity contribution < 1.29 is 4.39 Å². The van der Waals surface area contributed by atoms with Gasteiger partial charge >= 0.3 is 0 Å². The molecule has 3 N–H and O–H groups in total. The average Bonchev–Trinajstić information content (AvgIpc) is 2.85. The smallest absolute Gasteiger partial charge is 0.124 e. The Morgan fingerprint density at radius 3 is 2.95 bits per heavy atom. The molecule has 0 aliphatic heterocycles. The Morgan fingerprint density at radius 1 is 1.45 bits per heavy atom. The molecular weight excluding hydrogens is 275 g/mol. The molecule has 1 heterocycles. The number of nitrogens with two attached hydrogens (primary N) is 1. The maximum atomic E-state index is 13.1. The van der Waals surface area contributed by atoms with Gasteiger partial charge in [0.25, 0.3) is 0 Å². The van der Waals surface area contributed by atoms with Gasteiger partial charge in [0, 0.05) is 35.6 Å². The minimum atomic E-state index is -0.206. The third-order valence-corrected chi connectivity index (χ3v) is 4.31. The molecule has 4 nitrogen and oxygen atoms in total. The van der Waals surface area contributed by atoms with Crippen molar-refractivity contribution >= 4 is 11.8 Å². The molecule has 0 saturated heterocycles. The highest BCUT2D eigenvalue weighted by molar-refractivity contribution is 7.99. The van der Waals surface area contributed by atoms with Crippen molar-refractivity contribution in [2.45, 2.75) is 23.8 Å². The number of hydrogen-bond donors (Lipinski definition) is 2. The summed E-state index contributed by atoms with van der Waals surface area (Å²) < 4.78 is 15.0. The van der Waals surface area contributed by atoms with Crippen LogP contribution >= 0.6 is 11.8 Å². The Hall–Kier alpha value is -1.37. The first-order valence-electron chi connectivity index (χ1n) is 6.50. The highest BCUT2D eigenvalue weighted by Crippen LogP contribution is 2.20. The van der Waals surface area contributed by atoms with Crippen LogP contribution in [-0.2, 0) is 13.5 Å². The summed E-state index contributed by atoms with van der Waals surface area (Å²) >= 11 is 1.60. The number of halogens is 1. The third-order valence-electron chi connectivity index (χ3n) is 3.15. The summed E-state index contributed by atoms with van der Waals surface area (Å²) in [4.78, 5) is 0.922. The summed E-state index contributed by atoms with van der Waals surface area (Å²) in [6.45, 7) is 0. The Kier molecular flexibility index (Phi) is 5.58. The predicted molar refractivity (Wildman–Crippen MR) is 79.8 cm³/mol. The summed E-state index contributed by atoms with van der Waals surface area (Å²) in [7, 11) is 1.93. The zero-order chi connectivity index (χ0) is 14.4. The van der Waals surface area contributed by atoms with Crippen LogP contribution in [0.2, 0.25) is 0 Å². The summed E-state index contributed by atoms with van der Waals surface area (Å²) in [6, 6.07) is 8.80. The van der Waals surface area contributed by atoms with Crippen LogP contribution in [0.5, 0.6) is 0 Å². The van der Waals surface area contributed by atoms with Crippen LogP contribution in [0.1, 0.15) is 12.1 Å². The standard InChI is InChI=1S/C14H19FN4S/c1-19-13(7-8-17-19)6-5-12(18-16)10-20-14-4-2-3-11(15)9-14/h2-4,7-9,12,18H,5-6,10,16H2,1H3. The molecule has 0 bridgehead atoms. The maximum Gasteiger partial charge on any atom is 0.124 e. The minimum absolute atomic E-state index is 0.179. The van der Waals surface area contributed by atoms with Crippen LogP contribution in [0.15, 0.2) is 41.4 Å². The van der Waals surface area contributed by atoms with Gasteiger partial charge in [-0.1, -0.05) is 6.07 Å². The van der Waals surface area contributed by atoms with Crippen LogP contribution in [0.4, 0.5) is 4.39 Å². The number of aromatic nitrogens is 2. The van der Waals surface area contributed by atoms with Crippen LogP contribution in [0, 0.1) is 5.82 Å². The van der Waals surface area contributed by atoms with E-state index >= 15 is 0 Å². The molecule has 0 fully saturated rings. The van der Waals surface area contributed by atoms with Gasteiger partial charge in [-0.25, -0.2) is 4.39 Å². The first kappa shape index (κ1) is 15.0. The van der Waals surface area contributed by atoms with Crippen molar-refractivity contribution in [1.29, 1.82) is 0 Å². The van der Waals surface area contributed by atoms with Crippen molar-refractivity contribution in [3.05, 3.63) is 48.0 Å². The maximum absolute atomic E-state index is 13.1. The third kappa shape index (κ3) is 4.33. The monoisotopic (exact) mass is 294 g/mol. The molecule has 108 valence electrons. The zero-order valence-electron chi connectivity index (χ0n) is 11.4. The lowest BCUT2D eigenvalue weighted by atomic mass is 10.1. The lowest BCUT2D eigenvalue weighted by Crippen LogP contribution is -2.37. The van der Waals surface area contributed by atoms with Gasteiger partial charge in [-0.2, -0.15) is 5.10 Å². The zero-order valence-corrected chi connectivity index (χ0v) is 12.2. The molecule has 20 heavy (non-hydrogen) atoms. The Labute approximate surface area is 122 Å². The number of thioether (sulfide) groups is 1. The van der Waals surface area contributed by atoms with E-state index in [9.17, 15) is 4.39 Å². The molecule has 6 heteroatoms. The van der Waals surface area contributed by atoms with Crippen molar-refractivity contribution in [2.24, 2.45) is 12.9 Å². The topological polar surface area (TPSA) is 55.9 Å². The fourth-order valence-electron chi connectivity index (χ4n) is 1.94. The van der Waals surface area contributed by atoms with E-state index in [4.69, 9.17) is 5.84 Å². The SMILES string of the molecule is Cn1nccc1CCC(CSc1cccc(F)c1)NN. The summed E-state index contributed by atoms with van der Waals surface area (Å²) in [5.74, 6) is 6.18. The van der Waals surface area contributed by atoms with Crippen LogP contribution < -0.4 is 11.3 Å². The highest BCUT2D eigenvalue weighted by atomic mass is 32.2. The molecule has 2 aromatic rings. The van der Waals surface area contributed by atoms with Crippen molar-refractivity contribution in [3.8, 4) is 0 Å². The Morgan fingerprint density at radius 2 is 2.30 bits per heavy atom. The van der Waals surface area contributed by atoms with Gasteiger partial charge in [-0.05, 0) is 37.1 Å². The van der Waals surface area contributed by atoms with Crippen molar-refractivity contribution in [3.63, 3.8) is 0 Å². The van der Waals surface area contributed by atoms with Crippen LogP contribution in [0.3, 0.4) is 0 Å². The van der Waals surface area contributed by atoms with Gasteiger partial charge in [0.05, 0.1) is 0 Å². The molecule has 0 radical (unpaired) electrons. The Bertz CT molecular complexity index is 543. The molecule has 0 spiro atoms. The van der Waals surface area contributed by atoms with Crippen LogP contribution in [0.25, 0.3) is 0 Å². The quantitative estimate of drug-likeness (QED) is 0.466. The number of hydrazine groups is 1. The molecule has 0 aliphatic carbocycles. The average molecular weight is 294 g/mol. The number of aryl methyl sites for hydroxylation is 2. The van der Waals surface area contributed by atoms with Gasteiger partial charge in [0.1, 0.15) is 5.82 Å². The number of nitrogens with zero attached hydrogens (tertiary/aromatic N) is 2. The highest BCUT2D eigenvalue weighted by Gasteiger charge is 2.09. The molecule has 1 unspecified atom stereocenters. The van der Waals surface area contributed by atoms with E-state index in [0.717, 1.165) is 23.5 Å². The second kappa shape index (κ2) is 7.42. The van der Waals surface area contributed by atoms with E-state index in [2.05, 4.69) is 10.5 Å². The molecule has 0 amide bonds. The molecule has 1 atom stereocenters. The fourth-order valence-corrected chi connectivity index (χ4v) is 2.96. The van der Waals surface area contributed by atoms with Gasteiger partial charge in [0.2, 0.25) is 0 Å². The second-order valence-corrected chi connectivity index (χ2v) is 5.71. The normalized spacial score (nSPS) is 12.6. The van der Waals surface area contributed by atoms with Gasteiger partial charge < -0.3 is 0 Å². The first-order chi connectivity index (χ1) is 9.69. The van der Waals surface area contributed by atoms with E-state index in [1.165, 1.54) is 11.8 Å². The fraction of sp³-hybridized carbons (Fsp3) is 0.357. The molecule has 1 aromatic heterocycles. The summed E-state index contributed by atoms with van der Waals surface area (Å²) in [6.07, 6.45) is 3.62. The molecule has 0 saturated carbocycles. The largest absolute Gasteiger partial charge is 0.273 e. The van der Waals surface area contributed by atoms with Crippen LogP contribution in [-0.4, -0.2) is 21.6 Å². The molecule has 0 aliphatic rings. The van der Waals surface area contributed by atoms with Crippen molar-refractivity contribution in [2.75, 3.05) is 5.75 Å². The van der Waals surface area contributed by atoms with Gasteiger partial charge in [-0.15, -0.1) is 11.8 Å². The van der Waals surface area contributed by atoms with Gasteiger partial charge in [0.15, 0.2) is 0 Å². The molecule has 2 rings (SSSR count). The number of nitrogens with one attached hydrogen (secondary N) is 1. The first-order valence-corrected chi connectivity index (χ1v) is 7.49. The van der Waals surface area contributed by atoms with E-state index in [1.54, 1.807) is 30.1 Å². The lowest BCUT2D eigenvalue weighted by molar-refractivity contribution is 0.528. The van der Waals surface area contributed by atoms with E-state index in [-0.39, 0.29) is 11.9 Å². The summed E-state index contributed by atoms with van der Waals surface area (Å²) in [5, 5.41) is 4.14. The number of rotatable bonds is 7.